The minimum atomic E-state index is -1.91. The first kappa shape index (κ1) is 6.05. The van der Waals surface area contributed by atoms with Crippen molar-refractivity contribution in [1.82, 2.24) is 4.90 Å². The fraction of sp³-hybridized carbons (Fsp3) is 0.909. The molecule has 0 atom stereocenters. The quantitative estimate of drug-likeness (QED) is 0.570. The van der Waals surface area contributed by atoms with Gasteiger partial charge >= 0.3 is 0 Å². The molecule has 0 unspecified atom stereocenters. The van der Waals surface area contributed by atoms with Crippen LogP contribution in [0.3, 0.4) is 0 Å². The average molecular weight is 187 g/mol. The van der Waals surface area contributed by atoms with Crippen LogP contribution in [0.4, 0.5) is 0 Å². The molecule has 1 heterocycles. The van der Waals surface area contributed by atoms with Crippen LogP contribution in [0.15, 0.2) is 0 Å². The van der Waals surface area contributed by atoms with Gasteiger partial charge in [-0.2, -0.15) is 0 Å². The van der Waals surface area contributed by atoms with E-state index >= 15 is 0 Å². The van der Waals surface area contributed by atoms with Crippen molar-refractivity contribution < 1.29 is 10.3 Å². The number of hydrogen-bond acceptors (Lipinski definition) is 1. The van der Waals surface area contributed by atoms with E-state index in [1.807, 2.05) is 20.8 Å². The zero-order valence-electron chi connectivity index (χ0n) is 12.8. The van der Waals surface area contributed by atoms with Gasteiger partial charge in [-0.05, 0) is 24.2 Å². The second kappa shape index (κ2) is 3.69. The molecule has 0 aromatic rings. The Bertz CT molecular complexity index is 304. The summed E-state index contributed by atoms with van der Waals surface area (Å²) in [5, 5.41) is 0. The van der Waals surface area contributed by atoms with Crippen molar-refractivity contribution >= 4 is 5.91 Å². The minimum absolute atomic E-state index is 0.0805. The van der Waals surface area contributed by atoms with E-state index in [4.69, 9.17) is 5.48 Å². The minimum Gasteiger partial charge on any atom is -0.343 e. The molecule has 1 amide bonds. The molecule has 0 N–H and O–H groups in total. The largest absolute Gasteiger partial charge is 0.343 e. The summed E-state index contributed by atoms with van der Waals surface area (Å²) >= 11 is 0. The molecule has 2 nitrogen and oxygen atoms in total. The summed E-state index contributed by atoms with van der Waals surface area (Å²) in [7, 11) is 0. The lowest BCUT2D eigenvalue weighted by Crippen LogP contribution is -2.40. The molecule has 0 spiro atoms. The summed E-state index contributed by atoms with van der Waals surface area (Å²) in [6, 6.07) is 0. The van der Waals surface area contributed by atoms with Crippen molar-refractivity contribution in [2.45, 2.75) is 40.5 Å². The summed E-state index contributed by atoms with van der Waals surface area (Å²) in [6.07, 6.45) is 0.380. The maximum atomic E-state index is 11.4. The Hall–Kier alpha value is -0.530. The van der Waals surface area contributed by atoms with Gasteiger partial charge in [0.15, 0.2) is 0 Å². The van der Waals surface area contributed by atoms with Gasteiger partial charge in [-0.15, -0.1) is 0 Å². The monoisotopic (exact) mass is 187 g/mol. The van der Waals surface area contributed by atoms with Crippen LogP contribution in [0.1, 0.15) is 46.0 Å². The van der Waals surface area contributed by atoms with Gasteiger partial charge in [-0.3, -0.25) is 4.79 Å². The third-order valence-corrected chi connectivity index (χ3v) is 2.53. The summed E-state index contributed by atoms with van der Waals surface area (Å²) in [4.78, 5) is 12.2. The van der Waals surface area contributed by atoms with Gasteiger partial charge in [-0.1, -0.05) is 20.8 Å². The number of carbonyl (C=O) groups is 1. The average Bonchev–Trinajstić information content (AvgIpc) is 1.94. The van der Waals surface area contributed by atoms with Crippen molar-refractivity contribution in [3.8, 4) is 0 Å². The topological polar surface area (TPSA) is 20.3 Å². The molecule has 1 rings (SSSR count). The molecule has 1 saturated heterocycles. The Balaban J connectivity index is 3.09. The maximum Gasteiger partial charge on any atom is 0.219 e. The van der Waals surface area contributed by atoms with Crippen molar-refractivity contribution in [3.05, 3.63) is 0 Å². The number of carbonyl (C=O) groups excluding carboxylic acids is 1. The van der Waals surface area contributed by atoms with Crippen LogP contribution in [0.2, 0.25) is 0 Å². The fourth-order valence-corrected chi connectivity index (χ4v) is 1.37. The Kier molecular flexibility index (Phi) is 1.71. The summed E-state index contributed by atoms with van der Waals surface area (Å²) in [5.41, 5.74) is -0.163. The van der Waals surface area contributed by atoms with E-state index in [0.717, 1.165) is 4.90 Å². The van der Waals surface area contributed by atoms with E-state index in [9.17, 15) is 4.79 Å². The second-order valence-corrected chi connectivity index (χ2v) is 4.64. The van der Waals surface area contributed by atoms with Crippen LogP contribution >= 0.6 is 0 Å². The van der Waals surface area contributed by atoms with Gasteiger partial charge < -0.3 is 4.90 Å². The predicted molar refractivity (Wildman–Crippen MR) is 54.4 cm³/mol. The maximum absolute atomic E-state index is 11.4. The molecule has 0 saturated carbocycles. The first-order valence-corrected chi connectivity index (χ1v) is 4.69. The highest BCUT2D eigenvalue weighted by Gasteiger charge is 2.29. The zero-order chi connectivity index (χ0) is 13.6. The normalized spacial score (nSPS) is 32.8. The molecule has 1 aliphatic rings. The van der Waals surface area contributed by atoms with Gasteiger partial charge in [0.1, 0.15) is 0 Å². The Morgan fingerprint density at radius 1 is 1.38 bits per heavy atom. The van der Waals surface area contributed by atoms with Crippen LogP contribution in [0.5, 0.6) is 0 Å². The lowest BCUT2D eigenvalue weighted by Gasteiger charge is -2.38. The van der Waals surface area contributed by atoms with Gasteiger partial charge in [-0.25, -0.2) is 0 Å². The van der Waals surface area contributed by atoms with E-state index < -0.39 is 18.9 Å². The van der Waals surface area contributed by atoms with Crippen LogP contribution in [0, 0.1) is 11.3 Å². The van der Waals surface area contributed by atoms with Crippen molar-refractivity contribution in [3.63, 3.8) is 0 Å². The number of likely N-dealkylation sites (tertiary alicyclic amines) is 1. The van der Waals surface area contributed by atoms with Crippen LogP contribution < -0.4 is 0 Å². The summed E-state index contributed by atoms with van der Waals surface area (Å²) in [5.74, 6) is -0.629. The number of piperidine rings is 1. The molecular weight excluding hydrogens is 162 g/mol. The van der Waals surface area contributed by atoms with Crippen LogP contribution in [0.25, 0.3) is 0 Å². The molecular formula is C11H21NO. The molecule has 13 heavy (non-hydrogen) atoms. The Morgan fingerprint density at radius 3 is 2.15 bits per heavy atom. The molecule has 0 aromatic carbocycles. The van der Waals surface area contributed by atoms with Crippen molar-refractivity contribution in [2.75, 3.05) is 13.0 Å². The first-order chi connectivity index (χ1) is 7.38. The SMILES string of the molecule is [2H]C1([2H])CC(C(C)(C)C)CC([2H])([2H])N1C(C)=O. The zero-order valence-corrected chi connectivity index (χ0v) is 8.85. The third kappa shape index (κ3) is 2.71. The number of hydrogen-bond donors (Lipinski definition) is 0. The smallest absolute Gasteiger partial charge is 0.219 e. The molecule has 0 aliphatic carbocycles. The fourth-order valence-electron chi connectivity index (χ4n) is 1.37. The van der Waals surface area contributed by atoms with Crippen LogP contribution in [-0.2, 0) is 4.79 Å². The summed E-state index contributed by atoms with van der Waals surface area (Å²) < 4.78 is 31.6. The van der Waals surface area contributed by atoms with Crippen molar-refractivity contribution in [1.29, 1.82) is 0 Å². The number of nitrogens with zero attached hydrogens (tertiary/aromatic N) is 1. The Morgan fingerprint density at radius 2 is 1.85 bits per heavy atom. The van der Waals surface area contributed by atoms with E-state index in [-0.39, 0.29) is 24.2 Å². The lowest BCUT2D eigenvalue weighted by molar-refractivity contribution is -0.130. The molecule has 1 aliphatic heterocycles. The van der Waals surface area contributed by atoms with E-state index in [1.54, 1.807) is 0 Å². The highest BCUT2D eigenvalue weighted by Crippen LogP contribution is 2.34. The Labute approximate surface area is 86.9 Å². The standard InChI is InChI=1S/C11H21NO/c1-9(13)12-7-5-10(6-8-12)11(2,3)4/h10H,5-8H2,1-4H3/i7D2,8D2. The molecule has 0 aromatic heterocycles. The van der Waals surface area contributed by atoms with E-state index in [0.29, 0.717) is 0 Å². The van der Waals surface area contributed by atoms with Crippen molar-refractivity contribution in [2.24, 2.45) is 11.3 Å². The molecule has 0 bridgehead atoms. The van der Waals surface area contributed by atoms with E-state index in [1.165, 1.54) is 6.92 Å². The summed E-state index contributed by atoms with van der Waals surface area (Å²) in [6.45, 7) is 3.33. The third-order valence-electron chi connectivity index (χ3n) is 2.53. The van der Waals surface area contributed by atoms with E-state index in [2.05, 4.69) is 0 Å². The van der Waals surface area contributed by atoms with Gasteiger partial charge in [0.05, 0.1) is 0 Å². The molecule has 76 valence electrons. The van der Waals surface area contributed by atoms with Crippen LogP contribution in [-0.4, -0.2) is 23.8 Å². The first-order valence-electron chi connectivity index (χ1n) is 6.69. The van der Waals surface area contributed by atoms with Gasteiger partial charge in [0.25, 0.3) is 0 Å². The highest BCUT2D eigenvalue weighted by molar-refractivity contribution is 5.73. The van der Waals surface area contributed by atoms with Gasteiger partial charge in [0.2, 0.25) is 5.91 Å². The predicted octanol–water partition coefficient (Wildman–Crippen LogP) is 2.29. The molecule has 2 heteroatoms. The lowest BCUT2D eigenvalue weighted by atomic mass is 9.75. The highest BCUT2D eigenvalue weighted by atomic mass is 16.2. The van der Waals surface area contributed by atoms with Gasteiger partial charge in [0, 0.05) is 25.4 Å². The second-order valence-electron chi connectivity index (χ2n) is 4.64. The molecule has 1 fully saturated rings. The number of rotatable bonds is 0. The number of amides is 1. The molecule has 0 radical (unpaired) electrons.